The zero-order valence-corrected chi connectivity index (χ0v) is 11.4. The van der Waals surface area contributed by atoms with Crippen molar-refractivity contribution < 1.29 is 9.50 Å². The molecule has 1 aliphatic rings. The summed E-state index contributed by atoms with van der Waals surface area (Å²) in [6, 6.07) is 4.99. The van der Waals surface area contributed by atoms with Gasteiger partial charge >= 0.3 is 0 Å². The lowest BCUT2D eigenvalue weighted by Gasteiger charge is -2.37. The monoisotopic (exact) mass is 275 g/mol. The summed E-state index contributed by atoms with van der Waals surface area (Å²) >= 11 is 0. The molecule has 20 heavy (non-hydrogen) atoms. The number of nitrogens with two attached hydrogens (primary N) is 1. The van der Waals surface area contributed by atoms with Crippen molar-refractivity contribution in [1.82, 2.24) is 4.98 Å². The third-order valence-corrected chi connectivity index (χ3v) is 4.01. The van der Waals surface area contributed by atoms with Crippen molar-refractivity contribution >= 4 is 22.3 Å². The molecule has 0 aliphatic carbocycles. The number of aliphatic hydroxyl groups is 1. The van der Waals surface area contributed by atoms with Crippen LogP contribution >= 0.6 is 0 Å². The molecule has 0 unspecified atom stereocenters. The molecular weight excluding hydrogens is 257 g/mol. The zero-order chi connectivity index (χ0) is 14.3. The molecule has 1 aliphatic heterocycles. The predicted octanol–water partition coefficient (Wildman–Crippen LogP) is 2.31. The summed E-state index contributed by atoms with van der Waals surface area (Å²) in [4.78, 5) is 6.24. The van der Waals surface area contributed by atoms with Crippen LogP contribution in [0.25, 0.3) is 10.9 Å². The molecule has 0 atom stereocenters. The molecule has 2 heterocycles. The number of fused-ring (bicyclic) bond motifs is 1. The maximum atomic E-state index is 14.3. The van der Waals surface area contributed by atoms with E-state index in [1.54, 1.807) is 12.3 Å². The zero-order valence-electron chi connectivity index (χ0n) is 11.4. The van der Waals surface area contributed by atoms with Gasteiger partial charge in [-0.1, -0.05) is 0 Å². The normalized spacial score (nSPS) is 18.4. The van der Waals surface area contributed by atoms with Gasteiger partial charge in [-0.15, -0.1) is 0 Å². The average molecular weight is 275 g/mol. The second kappa shape index (κ2) is 4.59. The number of piperidine rings is 1. The molecular formula is C15H18FN3O. The predicted molar refractivity (Wildman–Crippen MR) is 78.2 cm³/mol. The summed E-state index contributed by atoms with van der Waals surface area (Å²) < 4.78 is 14.3. The molecule has 0 radical (unpaired) electrons. The molecule has 0 amide bonds. The van der Waals surface area contributed by atoms with Crippen LogP contribution < -0.4 is 10.6 Å². The van der Waals surface area contributed by atoms with Gasteiger partial charge in [-0.2, -0.15) is 0 Å². The van der Waals surface area contributed by atoms with Gasteiger partial charge in [0.2, 0.25) is 0 Å². The smallest absolute Gasteiger partial charge is 0.150 e. The number of benzene rings is 1. The number of hydrogen-bond acceptors (Lipinski definition) is 4. The Morgan fingerprint density at radius 1 is 1.40 bits per heavy atom. The molecule has 1 saturated heterocycles. The van der Waals surface area contributed by atoms with Crippen LogP contribution in [0.15, 0.2) is 24.4 Å². The van der Waals surface area contributed by atoms with Crippen LogP contribution in [0.3, 0.4) is 0 Å². The minimum atomic E-state index is -0.663. The minimum absolute atomic E-state index is 0.352. The number of rotatable bonds is 1. The Bertz CT molecular complexity index is 647. The number of aromatic nitrogens is 1. The summed E-state index contributed by atoms with van der Waals surface area (Å²) in [5, 5.41) is 10.8. The van der Waals surface area contributed by atoms with Crippen LogP contribution in [0.2, 0.25) is 0 Å². The summed E-state index contributed by atoms with van der Waals surface area (Å²) in [6.45, 7) is 3.04. The topological polar surface area (TPSA) is 62.4 Å². The van der Waals surface area contributed by atoms with Crippen LogP contribution in [-0.2, 0) is 0 Å². The van der Waals surface area contributed by atoms with Gasteiger partial charge in [-0.25, -0.2) is 4.39 Å². The van der Waals surface area contributed by atoms with E-state index in [1.165, 1.54) is 6.07 Å². The number of nitrogens with zero attached hydrogens (tertiary/aromatic N) is 2. The highest BCUT2D eigenvalue weighted by Gasteiger charge is 2.29. The van der Waals surface area contributed by atoms with E-state index in [2.05, 4.69) is 4.98 Å². The Morgan fingerprint density at radius 3 is 2.80 bits per heavy atom. The van der Waals surface area contributed by atoms with Crippen molar-refractivity contribution in [2.75, 3.05) is 23.7 Å². The highest BCUT2D eigenvalue weighted by molar-refractivity contribution is 5.98. The highest BCUT2D eigenvalue weighted by Crippen LogP contribution is 2.35. The Hall–Kier alpha value is -1.88. The molecule has 1 fully saturated rings. The number of anilines is 2. The molecule has 1 aromatic carbocycles. The lowest BCUT2D eigenvalue weighted by atomic mass is 9.93. The summed E-state index contributed by atoms with van der Waals surface area (Å²) in [5.74, 6) is -0.352. The fourth-order valence-electron chi connectivity index (χ4n) is 2.74. The lowest BCUT2D eigenvalue weighted by molar-refractivity contribution is 0.0350. The summed E-state index contributed by atoms with van der Waals surface area (Å²) in [5.41, 5.74) is 6.68. The van der Waals surface area contributed by atoms with Gasteiger partial charge in [0.05, 0.1) is 16.8 Å². The van der Waals surface area contributed by atoms with Crippen molar-refractivity contribution in [2.45, 2.75) is 25.4 Å². The Kier molecular flexibility index (Phi) is 3.01. The summed E-state index contributed by atoms with van der Waals surface area (Å²) in [6.07, 6.45) is 2.88. The van der Waals surface area contributed by atoms with Gasteiger partial charge in [-0.05, 0) is 38.0 Å². The van der Waals surface area contributed by atoms with E-state index in [-0.39, 0.29) is 5.82 Å². The van der Waals surface area contributed by atoms with Crippen LogP contribution in [0.4, 0.5) is 15.8 Å². The Morgan fingerprint density at radius 2 is 2.10 bits per heavy atom. The molecule has 4 nitrogen and oxygen atoms in total. The van der Waals surface area contributed by atoms with E-state index in [1.807, 2.05) is 17.9 Å². The van der Waals surface area contributed by atoms with Crippen molar-refractivity contribution in [1.29, 1.82) is 0 Å². The van der Waals surface area contributed by atoms with Gasteiger partial charge in [0.1, 0.15) is 0 Å². The number of pyridine rings is 1. The first kappa shape index (κ1) is 13.1. The van der Waals surface area contributed by atoms with Crippen LogP contribution in [0, 0.1) is 5.82 Å². The fourth-order valence-corrected chi connectivity index (χ4v) is 2.74. The van der Waals surface area contributed by atoms with E-state index in [0.29, 0.717) is 42.8 Å². The number of halogens is 1. The van der Waals surface area contributed by atoms with E-state index >= 15 is 0 Å². The lowest BCUT2D eigenvalue weighted by Crippen LogP contribution is -2.42. The van der Waals surface area contributed by atoms with E-state index in [0.717, 1.165) is 5.39 Å². The Balaban J connectivity index is 2.08. The molecule has 0 bridgehead atoms. The van der Waals surface area contributed by atoms with E-state index in [4.69, 9.17) is 5.73 Å². The number of hydrogen-bond donors (Lipinski definition) is 2. The third-order valence-electron chi connectivity index (χ3n) is 4.01. The maximum Gasteiger partial charge on any atom is 0.150 e. The SMILES string of the molecule is CC1(O)CCN(c2c(F)cc(N)c3cccnc23)CC1. The molecule has 2 aromatic rings. The largest absolute Gasteiger partial charge is 0.398 e. The first-order valence-corrected chi connectivity index (χ1v) is 6.78. The first-order chi connectivity index (χ1) is 9.48. The van der Waals surface area contributed by atoms with Gasteiger partial charge in [0.25, 0.3) is 0 Å². The molecule has 1 aromatic heterocycles. The van der Waals surface area contributed by atoms with E-state index in [9.17, 15) is 9.50 Å². The quantitative estimate of drug-likeness (QED) is 0.784. The van der Waals surface area contributed by atoms with Crippen LogP contribution in [-0.4, -0.2) is 28.8 Å². The molecule has 3 rings (SSSR count). The van der Waals surface area contributed by atoms with Gasteiger partial charge < -0.3 is 15.7 Å². The van der Waals surface area contributed by atoms with Gasteiger partial charge in [0.15, 0.2) is 5.82 Å². The second-order valence-electron chi connectivity index (χ2n) is 5.68. The van der Waals surface area contributed by atoms with Gasteiger partial charge in [-0.3, -0.25) is 4.98 Å². The maximum absolute atomic E-state index is 14.3. The van der Waals surface area contributed by atoms with Crippen molar-refractivity contribution in [3.63, 3.8) is 0 Å². The third kappa shape index (κ3) is 2.18. The molecule has 5 heteroatoms. The second-order valence-corrected chi connectivity index (χ2v) is 5.68. The standard InChI is InChI=1S/C15H18FN3O/c1-15(20)4-7-19(8-5-15)14-11(16)9-12(17)10-3-2-6-18-13(10)14/h2-3,6,9,20H,4-5,7-8,17H2,1H3. The van der Waals surface area contributed by atoms with Crippen molar-refractivity contribution in [2.24, 2.45) is 0 Å². The van der Waals surface area contributed by atoms with Crippen LogP contribution in [0.1, 0.15) is 19.8 Å². The highest BCUT2D eigenvalue weighted by atomic mass is 19.1. The van der Waals surface area contributed by atoms with E-state index < -0.39 is 5.60 Å². The molecule has 106 valence electrons. The molecule has 0 saturated carbocycles. The fraction of sp³-hybridized carbons (Fsp3) is 0.400. The molecule has 0 spiro atoms. The van der Waals surface area contributed by atoms with Crippen molar-refractivity contribution in [3.8, 4) is 0 Å². The van der Waals surface area contributed by atoms with Gasteiger partial charge in [0, 0.05) is 30.4 Å². The molecule has 3 N–H and O–H groups in total. The number of nitrogen functional groups attached to an aromatic ring is 1. The van der Waals surface area contributed by atoms with Crippen molar-refractivity contribution in [3.05, 3.63) is 30.2 Å². The van der Waals surface area contributed by atoms with Crippen LogP contribution in [0.5, 0.6) is 0 Å². The minimum Gasteiger partial charge on any atom is -0.398 e. The Labute approximate surface area is 117 Å². The summed E-state index contributed by atoms with van der Waals surface area (Å²) in [7, 11) is 0. The first-order valence-electron chi connectivity index (χ1n) is 6.78. The average Bonchev–Trinajstić information content (AvgIpc) is 2.40.